The fourth-order valence-electron chi connectivity index (χ4n) is 2.25. The van der Waals surface area contributed by atoms with E-state index < -0.39 is 0 Å². The van der Waals surface area contributed by atoms with Gasteiger partial charge in [-0.25, -0.2) is 0 Å². The smallest absolute Gasteiger partial charge is 0.269 e. The Labute approximate surface area is 140 Å². The molecule has 2 N–H and O–H groups in total. The molecule has 24 heavy (non-hydrogen) atoms. The first-order chi connectivity index (χ1) is 11.7. The van der Waals surface area contributed by atoms with Crippen LogP contribution in [-0.4, -0.2) is 26.0 Å². The van der Waals surface area contributed by atoms with Crippen molar-refractivity contribution in [1.29, 1.82) is 0 Å². The zero-order valence-electron chi connectivity index (χ0n) is 13.7. The van der Waals surface area contributed by atoms with Crippen LogP contribution in [0.3, 0.4) is 0 Å². The average Bonchev–Trinajstić information content (AvgIpc) is 2.64. The number of hydrogen-bond donors (Lipinski definition) is 2. The van der Waals surface area contributed by atoms with Gasteiger partial charge in [0.05, 0.1) is 14.2 Å². The van der Waals surface area contributed by atoms with E-state index in [9.17, 15) is 9.59 Å². The molecule has 0 aliphatic heterocycles. The molecule has 0 saturated carbocycles. The first-order valence-electron chi connectivity index (χ1n) is 7.49. The molecule has 0 aromatic heterocycles. The Balaban J connectivity index is 1.87. The van der Waals surface area contributed by atoms with Gasteiger partial charge in [-0.15, -0.1) is 0 Å². The summed E-state index contributed by atoms with van der Waals surface area (Å²) in [6, 6.07) is 14.2. The van der Waals surface area contributed by atoms with Gasteiger partial charge in [0, 0.05) is 12.0 Å². The highest BCUT2D eigenvalue weighted by Gasteiger charge is 2.12. The van der Waals surface area contributed by atoms with Gasteiger partial charge in [0.15, 0.2) is 11.5 Å². The molecule has 0 spiro atoms. The average molecular weight is 328 g/mol. The molecular weight excluding hydrogens is 308 g/mol. The molecule has 0 aliphatic carbocycles. The number of carbonyl (C=O) groups excluding carboxylic acids is 2. The minimum Gasteiger partial charge on any atom is -0.493 e. The molecule has 0 unspecified atom stereocenters. The first-order valence-corrected chi connectivity index (χ1v) is 7.49. The van der Waals surface area contributed by atoms with Crippen molar-refractivity contribution < 1.29 is 19.1 Å². The van der Waals surface area contributed by atoms with Crippen LogP contribution in [0.25, 0.3) is 0 Å². The normalized spacial score (nSPS) is 9.92. The fourth-order valence-corrected chi connectivity index (χ4v) is 2.25. The van der Waals surface area contributed by atoms with Crippen molar-refractivity contribution in [1.82, 2.24) is 10.9 Å². The first kappa shape index (κ1) is 17.3. The SMILES string of the molecule is COc1cccc(CCC(=O)NNC(=O)c2ccccc2)c1OC. The summed E-state index contributed by atoms with van der Waals surface area (Å²) < 4.78 is 10.6. The summed E-state index contributed by atoms with van der Waals surface area (Å²) in [4.78, 5) is 23.8. The van der Waals surface area contributed by atoms with Gasteiger partial charge >= 0.3 is 0 Å². The molecule has 0 saturated heterocycles. The van der Waals surface area contributed by atoms with Gasteiger partial charge in [0.1, 0.15) is 0 Å². The Kier molecular flexibility index (Phi) is 6.19. The van der Waals surface area contributed by atoms with Crippen LogP contribution in [0.15, 0.2) is 48.5 Å². The monoisotopic (exact) mass is 328 g/mol. The summed E-state index contributed by atoms with van der Waals surface area (Å²) in [6.07, 6.45) is 0.673. The molecule has 126 valence electrons. The number of nitrogens with one attached hydrogen (secondary N) is 2. The van der Waals surface area contributed by atoms with E-state index in [-0.39, 0.29) is 18.2 Å². The third-order valence-electron chi connectivity index (χ3n) is 3.46. The van der Waals surface area contributed by atoms with Crippen LogP contribution in [0.2, 0.25) is 0 Å². The van der Waals surface area contributed by atoms with Crippen molar-refractivity contribution >= 4 is 11.8 Å². The molecule has 0 radical (unpaired) electrons. The fraction of sp³-hybridized carbons (Fsp3) is 0.222. The highest BCUT2D eigenvalue weighted by Crippen LogP contribution is 2.31. The molecule has 2 aromatic rings. The van der Waals surface area contributed by atoms with Gasteiger partial charge in [-0.2, -0.15) is 0 Å². The predicted octanol–water partition coefficient (Wildman–Crippen LogP) is 2.10. The van der Waals surface area contributed by atoms with Crippen molar-refractivity contribution in [3.8, 4) is 11.5 Å². The Hall–Kier alpha value is -3.02. The quantitative estimate of drug-likeness (QED) is 0.796. The number of ether oxygens (including phenoxy) is 2. The summed E-state index contributed by atoms with van der Waals surface area (Å²) in [6.45, 7) is 0. The Morgan fingerprint density at radius 3 is 2.33 bits per heavy atom. The number of carbonyl (C=O) groups is 2. The summed E-state index contributed by atoms with van der Waals surface area (Å²) >= 11 is 0. The maximum absolute atomic E-state index is 11.9. The third-order valence-corrected chi connectivity index (χ3v) is 3.46. The molecule has 6 heteroatoms. The number of benzene rings is 2. The van der Waals surface area contributed by atoms with E-state index in [1.165, 1.54) is 0 Å². The van der Waals surface area contributed by atoms with E-state index >= 15 is 0 Å². The van der Waals surface area contributed by atoms with Gasteiger partial charge in [-0.05, 0) is 30.2 Å². The zero-order valence-corrected chi connectivity index (χ0v) is 13.7. The maximum atomic E-state index is 11.9. The van der Waals surface area contributed by atoms with Gasteiger partial charge in [-0.1, -0.05) is 30.3 Å². The number of methoxy groups -OCH3 is 2. The van der Waals surface area contributed by atoms with E-state index in [1.54, 1.807) is 44.6 Å². The second-order valence-electron chi connectivity index (χ2n) is 5.02. The Morgan fingerprint density at radius 1 is 0.917 bits per heavy atom. The number of rotatable bonds is 6. The Bertz CT molecular complexity index is 701. The van der Waals surface area contributed by atoms with Gasteiger partial charge in [0.2, 0.25) is 5.91 Å². The predicted molar refractivity (Wildman–Crippen MR) is 89.9 cm³/mol. The van der Waals surface area contributed by atoms with Crippen LogP contribution >= 0.6 is 0 Å². The van der Waals surface area contributed by atoms with Crippen LogP contribution < -0.4 is 20.3 Å². The standard InChI is InChI=1S/C18H20N2O4/c1-23-15-10-6-9-13(17(15)24-2)11-12-16(21)19-20-18(22)14-7-4-3-5-8-14/h3-10H,11-12H2,1-2H3,(H,19,21)(H,20,22). The van der Waals surface area contributed by atoms with Crippen LogP contribution in [0.1, 0.15) is 22.3 Å². The lowest BCUT2D eigenvalue weighted by molar-refractivity contribution is -0.121. The zero-order chi connectivity index (χ0) is 17.4. The van der Waals surface area contributed by atoms with E-state index in [0.717, 1.165) is 5.56 Å². The lowest BCUT2D eigenvalue weighted by Crippen LogP contribution is -2.41. The molecule has 2 amide bonds. The number of aryl methyl sites for hydroxylation is 1. The summed E-state index contributed by atoms with van der Waals surface area (Å²) in [7, 11) is 3.12. The molecule has 0 atom stereocenters. The largest absolute Gasteiger partial charge is 0.493 e. The number of para-hydroxylation sites is 1. The van der Waals surface area contributed by atoms with Crippen molar-refractivity contribution in [3.05, 3.63) is 59.7 Å². The van der Waals surface area contributed by atoms with E-state index in [4.69, 9.17) is 9.47 Å². The van der Waals surface area contributed by atoms with E-state index in [0.29, 0.717) is 23.5 Å². The van der Waals surface area contributed by atoms with Crippen molar-refractivity contribution in [2.24, 2.45) is 0 Å². The molecule has 6 nitrogen and oxygen atoms in total. The second kappa shape index (κ2) is 8.57. The molecule has 2 rings (SSSR count). The highest BCUT2D eigenvalue weighted by atomic mass is 16.5. The molecule has 0 fully saturated rings. The molecule has 2 aromatic carbocycles. The summed E-state index contributed by atoms with van der Waals surface area (Å²) in [5.41, 5.74) is 6.14. The van der Waals surface area contributed by atoms with Crippen LogP contribution in [0.5, 0.6) is 11.5 Å². The molecular formula is C18H20N2O4. The van der Waals surface area contributed by atoms with Crippen molar-refractivity contribution in [2.75, 3.05) is 14.2 Å². The van der Waals surface area contributed by atoms with Crippen molar-refractivity contribution in [3.63, 3.8) is 0 Å². The number of hydrogen-bond acceptors (Lipinski definition) is 4. The Morgan fingerprint density at radius 2 is 1.67 bits per heavy atom. The third kappa shape index (κ3) is 4.49. The summed E-state index contributed by atoms with van der Waals surface area (Å²) in [5.74, 6) is 0.584. The number of amides is 2. The van der Waals surface area contributed by atoms with Crippen LogP contribution in [0, 0.1) is 0 Å². The number of hydrazine groups is 1. The van der Waals surface area contributed by atoms with Crippen LogP contribution in [0.4, 0.5) is 0 Å². The van der Waals surface area contributed by atoms with Gasteiger partial charge < -0.3 is 9.47 Å². The second-order valence-corrected chi connectivity index (χ2v) is 5.02. The lowest BCUT2D eigenvalue weighted by atomic mass is 10.1. The molecule has 0 heterocycles. The van der Waals surface area contributed by atoms with E-state index in [1.807, 2.05) is 18.2 Å². The van der Waals surface area contributed by atoms with Gasteiger partial charge in [0.25, 0.3) is 5.91 Å². The minimum absolute atomic E-state index is 0.207. The molecule has 0 bridgehead atoms. The van der Waals surface area contributed by atoms with E-state index in [2.05, 4.69) is 10.9 Å². The topological polar surface area (TPSA) is 76.7 Å². The maximum Gasteiger partial charge on any atom is 0.269 e. The lowest BCUT2D eigenvalue weighted by Gasteiger charge is -2.12. The molecule has 0 aliphatic rings. The summed E-state index contributed by atoms with van der Waals surface area (Å²) in [5, 5.41) is 0. The highest BCUT2D eigenvalue weighted by molar-refractivity contribution is 5.95. The van der Waals surface area contributed by atoms with Crippen LogP contribution in [-0.2, 0) is 11.2 Å². The minimum atomic E-state index is -0.358. The van der Waals surface area contributed by atoms with Gasteiger partial charge in [-0.3, -0.25) is 20.4 Å². The van der Waals surface area contributed by atoms with Crippen molar-refractivity contribution in [2.45, 2.75) is 12.8 Å².